The highest BCUT2D eigenvalue weighted by Gasteiger charge is 2.49. The molecule has 0 saturated heterocycles. The van der Waals surface area contributed by atoms with Crippen LogP contribution in [0.2, 0.25) is 0 Å². The fourth-order valence-electron chi connectivity index (χ4n) is 5.51. The number of carbonyl (C=O) groups excluding carboxylic acids is 1. The normalized spacial score (nSPS) is 19.9. The molecule has 11 heteroatoms. The summed E-state index contributed by atoms with van der Waals surface area (Å²) in [6.07, 6.45) is 10.6. The second-order valence-corrected chi connectivity index (χ2v) is 12.7. The number of hydrogen-bond donors (Lipinski definition) is 1. The maximum Gasteiger partial charge on any atom is 0.265 e. The maximum absolute atomic E-state index is 13.7. The van der Waals surface area contributed by atoms with E-state index in [0.29, 0.717) is 40.6 Å². The smallest absolute Gasteiger partial charge is 0.265 e. The van der Waals surface area contributed by atoms with Gasteiger partial charge < -0.3 is 14.2 Å². The highest BCUT2D eigenvalue weighted by Crippen LogP contribution is 2.40. The van der Waals surface area contributed by atoms with Gasteiger partial charge in [0, 0.05) is 31.7 Å². The number of aryl methyl sites for hydroxylation is 1. The number of carbonyl (C=O) groups is 1. The third kappa shape index (κ3) is 5.77. The number of aliphatic imine (C=N–C) groups is 1. The molecular weight excluding hydrogens is 542 g/mol. The summed E-state index contributed by atoms with van der Waals surface area (Å²) in [7, 11) is -0.875. The number of hydrogen-bond acceptors (Lipinski definition) is 8. The average Bonchev–Trinajstić information content (AvgIpc) is 3.60. The third-order valence-corrected chi connectivity index (χ3v) is 9.37. The Morgan fingerprint density at radius 2 is 1.93 bits per heavy atom. The maximum atomic E-state index is 13.7. The Morgan fingerprint density at radius 1 is 1.24 bits per heavy atom. The Labute approximate surface area is 243 Å². The minimum absolute atomic E-state index is 0.0133. The molecule has 0 bridgehead atoms. The predicted octanol–water partition coefficient (Wildman–Crippen LogP) is 5.48. The van der Waals surface area contributed by atoms with Crippen molar-refractivity contribution in [2.45, 2.75) is 78.7 Å². The Balaban J connectivity index is 1.67. The van der Waals surface area contributed by atoms with E-state index >= 15 is 0 Å². The van der Waals surface area contributed by atoms with Crippen LogP contribution in [0.5, 0.6) is 0 Å². The number of nitrogens with zero attached hydrogens (tertiary/aromatic N) is 4. The van der Waals surface area contributed by atoms with E-state index in [1.54, 1.807) is 25.8 Å². The van der Waals surface area contributed by atoms with Gasteiger partial charge in [0.1, 0.15) is 27.8 Å². The van der Waals surface area contributed by atoms with Gasteiger partial charge in [-0.05, 0) is 52.5 Å². The zero-order valence-electron chi connectivity index (χ0n) is 25.1. The summed E-state index contributed by atoms with van der Waals surface area (Å²) in [4.78, 5) is 21.9. The first-order valence-corrected chi connectivity index (χ1v) is 15.5. The van der Waals surface area contributed by atoms with E-state index in [1.807, 2.05) is 30.9 Å². The summed E-state index contributed by atoms with van der Waals surface area (Å²) >= 11 is 0. The number of anilines is 1. The Hall–Kier alpha value is -3.60. The number of likely N-dealkylation sites (N-methyl/N-ethyl adjacent to an activating group) is 1. The second kappa shape index (κ2) is 11.7. The van der Waals surface area contributed by atoms with Crippen LogP contribution in [0.25, 0.3) is 0 Å². The molecule has 0 atom stereocenters. The summed E-state index contributed by atoms with van der Waals surface area (Å²) < 4.78 is 40.5. The zero-order chi connectivity index (χ0) is 30.1. The van der Waals surface area contributed by atoms with E-state index < -0.39 is 15.6 Å². The number of amidine groups is 1. The van der Waals surface area contributed by atoms with Crippen LogP contribution >= 0.6 is 0 Å². The van der Waals surface area contributed by atoms with Crippen LogP contribution in [0.15, 0.2) is 67.5 Å². The van der Waals surface area contributed by atoms with Gasteiger partial charge in [0.25, 0.3) is 15.9 Å². The van der Waals surface area contributed by atoms with Crippen molar-refractivity contribution in [2.75, 3.05) is 25.4 Å². The van der Waals surface area contributed by atoms with Crippen molar-refractivity contribution in [3.63, 3.8) is 0 Å². The average molecular weight is 584 g/mol. The molecule has 2 aliphatic heterocycles. The summed E-state index contributed by atoms with van der Waals surface area (Å²) in [6, 6.07) is 0. The molecule has 3 heterocycles. The van der Waals surface area contributed by atoms with Crippen LogP contribution in [0.1, 0.15) is 70.6 Å². The first-order chi connectivity index (χ1) is 19.3. The van der Waals surface area contributed by atoms with Gasteiger partial charge >= 0.3 is 0 Å². The van der Waals surface area contributed by atoms with E-state index in [-0.39, 0.29) is 16.6 Å². The number of allylic oxidation sites excluding steroid dienone is 4. The largest absolute Gasteiger partial charge is 0.495 e. The van der Waals surface area contributed by atoms with Crippen LogP contribution in [0, 0.1) is 13.8 Å². The molecule has 1 aromatic rings. The minimum atomic E-state index is -4.09. The van der Waals surface area contributed by atoms with Crippen LogP contribution in [-0.2, 0) is 19.6 Å². The van der Waals surface area contributed by atoms with Gasteiger partial charge in [0.05, 0.1) is 18.5 Å². The summed E-state index contributed by atoms with van der Waals surface area (Å²) in [5.74, 6) is 1.96. The molecule has 41 heavy (non-hydrogen) atoms. The third-order valence-electron chi connectivity index (χ3n) is 8.02. The lowest BCUT2D eigenvalue weighted by atomic mass is 9.98. The molecule has 1 spiro atoms. The van der Waals surface area contributed by atoms with Gasteiger partial charge in [-0.15, -0.1) is 0 Å². The predicted molar refractivity (Wildman–Crippen MR) is 160 cm³/mol. The van der Waals surface area contributed by atoms with Gasteiger partial charge in [-0.2, -0.15) is 0 Å². The minimum Gasteiger partial charge on any atom is -0.495 e. The number of sulfonamides is 1. The van der Waals surface area contributed by atoms with Crippen molar-refractivity contribution in [1.29, 1.82) is 0 Å². The van der Waals surface area contributed by atoms with E-state index in [2.05, 4.69) is 23.4 Å². The molecule has 222 valence electrons. The summed E-state index contributed by atoms with van der Waals surface area (Å²) in [5, 5.41) is 3.86. The lowest BCUT2D eigenvalue weighted by molar-refractivity contribution is -0.130. The zero-order valence-corrected chi connectivity index (χ0v) is 25.9. The van der Waals surface area contributed by atoms with Crippen molar-refractivity contribution in [3.05, 3.63) is 69.3 Å². The molecule has 1 amide bonds. The molecule has 1 aliphatic carbocycles. The lowest BCUT2D eigenvalue weighted by Crippen LogP contribution is -2.41. The molecule has 0 aromatic carbocycles. The van der Waals surface area contributed by atoms with Gasteiger partial charge in [-0.1, -0.05) is 49.2 Å². The van der Waals surface area contributed by atoms with E-state index in [4.69, 9.17) is 14.3 Å². The molecular formula is C30H41N5O5S. The monoisotopic (exact) mass is 583 g/mol. The van der Waals surface area contributed by atoms with Crippen molar-refractivity contribution < 1.29 is 22.5 Å². The highest BCUT2D eigenvalue weighted by atomic mass is 32.2. The number of methoxy groups -OCH3 is 1. The molecule has 1 saturated carbocycles. The topological polar surface area (TPSA) is 117 Å². The standard InChI is InChI=1S/C30H41N5O5S/c1-9-12-26-31-30(15-10-11-16-30)29(36)35(26)18-19(2)13-14-20(3)27-25(17-24(39-8)22(5)34(27)7)41(37,38)33-28-21(4)23(6)40-32-28/h13-14,17H,5,9-12,15-16,18H2,1-4,6-8H3,(H,32,33). The number of aromatic nitrogens is 1. The molecule has 1 fully saturated rings. The number of nitrogens with one attached hydrogen (secondary N) is 1. The van der Waals surface area contributed by atoms with E-state index in [0.717, 1.165) is 49.9 Å². The van der Waals surface area contributed by atoms with Crippen LogP contribution in [0.4, 0.5) is 5.82 Å². The first kappa shape index (κ1) is 30.4. The van der Waals surface area contributed by atoms with Crippen LogP contribution in [-0.4, -0.2) is 61.4 Å². The van der Waals surface area contributed by atoms with Crippen molar-refractivity contribution in [3.8, 4) is 0 Å². The van der Waals surface area contributed by atoms with Crippen LogP contribution in [0.3, 0.4) is 0 Å². The fourth-order valence-corrected chi connectivity index (χ4v) is 6.88. The molecule has 0 radical (unpaired) electrons. The first-order valence-electron chi connectivity index (χ1n) is 14.0. The lowest BCUT2D eigenvalue weighted by Gasteiger charge is -2.31. The Bertz CT molecular complexity index is 1500. The van der Waals surface area contributed by atoms with Crippen LogP contribution < -0.4 is 4.72 Å². The quantitative estimate of drug-likeness (QED) is 0.363. The molecule has 3 aliphatic rings. The number of amides is 1. The summed E-state index contributed by atoms with van der Waals surface area (Å²) in [6.45, 7) is 13.9. The van der Waals surface area contributed by atoms with Gasteiger partial charge in [0.2, 0.25) is 0 Å². The van der Waals surface area contributed by atoms with Crippen molar-refractivity contribution >= 4 is 27.6 Å². The number of rotatable bonds is 10. The fraction of sp³-hybridized carbons (Fsp3) is 0.500. The second-order valence-electron chi connectivity index (χ2n) is 11.0. The van der Waals surface area contributed by atoms with E-state index in [9.17, 15) is 13.2 Å². The molecule has 1 aromatic heterocycles. The van der Waals surface area contributed by atoms with Gasteiger partial charge in [0.15, 0.2) is 5.82 Å². The molecule has 0 unspecified atom stereocenters. The number of ether oxygens (including phenoxy) is 1. The SMILES string of the molecule is C=C1C(OC)=CC(S(=O)(=O)Nc2noc(C)c2C)=C(C(C)=CC=C(C)CN2C(=O)C3(CCCC3)N=C2CCC)N1C. The molecule has 4 rings (SSSR count). The molecule has 10 nitrogen and oxygen atoms in total. The highest BCUT2D eigenvalue weighted by molar-refractivity contribution is 7.96. The van der Waals surface area contributed by atoms with E-state index in [1.165, 1.54) is 13.2 Å². The Morgan fingerprint density at radius 3 is 2.51 bits per heavy atom. The van der Waals surface area contributed by atoms with Gasteiger partial charge in [-0.25, -0.2) is 8.42 Å². The summed E-state index contributed by atoms with van der Waals surface area (Å²) in [5.41, 5.74) is 2.64. The van der Waals surface area contributed by atoms with Crippen molar-refractivity contribution in [2.24, 2.45) is 4.99 Å². The molecule has 1 N–H and O–H groups in total. The van der Waals surface area contributed by atoms with Crippen molar-refractivity contribution in [1.82, 2.24) is 15.0 Å². The Kier molecular flexibility index (Phi) is 8.67. The van der Waals surface area contributed by atoms with Gasteiger partial charge in [-0.3, -0.25) is 19.4 Å².